The Kier molecular flexibility index (Phi) is 7.67. The highest BCUT2D eigenvalue weighted by atomic mass is 32.2. The molecule has 0 radical (unpaired) electrons. The molecular formula is C20H22F3N3O4S2. The van der Waals surface area contributed by atoms with E-state index in [0.29, 0.717) is 18.1 Å². The number of carbonyl (C=O) groups is 1. The molecule has 0 bridgehead atoms. The van der Waals surface area contributed by atoms with Gasteiger partial charge in [-0.3, -0.25) is 4.79 Å². The van der Waals surface area contributed by atoms with Gasteiger partial charge in [-0.2, -0.15) is 17.5 Å². The quantitative estimate of drug-likeness (QED) is 0.588. The third-order valence-electron chi connectivity index (χ3n) is 4.75. The first kappa shape index (κ1) is 24.3. The molecule has 7 nitrogen and oxygen atoms in total. The lowest BCUT2D eigenvalue weighted by atomic mass is 10.2. The van der Waals surface area contributed by atoms with Crippen molar-refractivity contribution in [1.29, 1.82) is 0 Å². The Labute approximate surface area is 188 Å². The van der Waals surface area contributed by atoms with Gasteiger partial charge in [-0.1, -0.05) is 6.42 Å². The minimum absolute atomic E-state index is 0.134. The van der Waals surface area contributed by atoms with Crippen LogP contribution < -0.4 is 10.1 Å². The van der Waals surface area contributed by atoms with Crippen LogP contribution in [0.4, 0.5) is 18.9 Å². The molecule has 0 atom stereocenters. The molecule has 2 heterocycles. The molecule has 174 valence electrons. The summed E-state index contributed by atoms with van der Waals surface area (Å²) < 4.78 is 70.2. The molecule has 1 aliphatic rings. The Bertz CT molecular complexity index is 1070. The summed E-state index contributed by atoms with van der Waals surface area (Å²) in [5.74, 6) is -0.935. The number of amides is 1. The number of piperidine rings is 1. The molecule has 32 heavy (non-hydrogen) atoms. The number of aromatic nitrogens is 1. The third kappa shape index (κ3) is 5.93. The van der Waals surface area contributed by atoms with Crippen LogP contribution in [-0.4, -0.2) is 55.7 Å². The van der Waals surface area contributed by atoms with Crippen LogP contribution in [0.5, 0.6) is 5.75 Å². The van der Waals surface area contributed by atoms with Gasteiger partial charge in [-0.05, 0) is 49.4 Å². The third-order valence-corrected chi connectivity index (χ3v) is 7.36. The van der Waals surface area contributed by atoms with E-state index in [1.54, 1.807) is 12.3 Å². The minimum atomic E-state index is -4.60. The summed E-state index contributed by atoms with van der Waals surface area (Å²) >= 11 is 1.22. The van der Waals surface area contributed by atoms with Gasteiger partial charge in [0.25, 0.3) is 5.91 Å². The van der Waals surface area contributed by atoms with E-state index in [9.17, 15) is 26.4 Å². The number of benzene rings is 1. The highest BCUT2D eigenvalue weighted by Crippen LogP contribution is 2.32. The zero-order valence-electron chi connectivity index (χ0n) is 17.2. The topological polar surface area (TPSA) is 88.6 Å². The molecule has 1 aromatic carbocycles. The largest absolute Gasteiger partial charge is 0.482 e. The lowest BCUT2D eigenvalue weighted by Gasteiger charge is -2.26. The van der Waals surface area contributed by atoms with Crippen molar-refractivity contribution in [3.8, 4) is 5.75 Å². The molecule has 3 rings (SSSR count). The standard InChI is InChI=1S/C20H22F3N3O4S2/c1-31-19-15(6-5-9-24-19)18(27)25-16-12-14(7-8-17(16)30-13-20(21,22)23)32(28,29)26-10-3-2-4-11-26/h5-9,12H,2-4,10-11,13H2,1H3,(H,25,27). The number of rotatable bonds is 7. The van der Waals surface area contributed by atoms with Crippen LogP contribution in [0.15, 0.2) is 46.5 Å². The van der Waals surface area contributed by atoms with E-state index in [1.165, 1.54) is 34.4 Å². The van der Waals surface area contributed by atoms with Gasteiger partial charge < -0.3 is 10.1 Å². The van der Waals surface area contributed by atoms with Crippen molar-refractivity contribution >= 4 is 33.4 Å². The first-order valence-electron chi connectivity index (χ1n) is 9.76. The molecule has 0 unspecified atom stereocenters. The first-order valence-corrected chi connectivity index (χ1v) is 12.4. The number of nitrogens with zero attached hydrogens (tertiary/aromatic N) is 2. The van der Waals surface area contributed by atoms with Crippen molar-refractivity contribution in [3.05, 3.63) is 42.1 Å². The van der Waals surface area contributed by atoms with Crippen molar-refractivity contribution in [2.45, 2.75) is 35.4 Å². The van der Waals surface area contributed by atoms with E-state index in [2.05, 4.69) is 10.3 Å². The fourth-order valence-electron chi connectivity index (χ4n) is 3.22. The summed E-state index contributed by atoms with van der Waals surface area (Å²) in [5, 5.41) is 2.90. The molecule has 0 spiro atoms. The van der Waals surface area contributed by atoms with Crippen molar-refractivity contribution in [3.63, 3.8) is 0 Å². The lowest BCUT2D eigenvalue weighted by molar-refractivity contribution is -0.153. The fraction of sp³-hybridized carbons (Fsp3) is 0.400. The minimum Gasteiger partial charge on any atom is -0.482 e. The molecule has 1 aliphatic heterocycles. The lowest BCUT2D eigenvalue weighted by Crippen LogP contribution is -2.35. The monoisotopic (exact) mass is 489 g/mol. The van der Waals surface area contributed by atoms with E-state index in [4.69, 9.17) is 4.74 Å². The van der Waals surface area contributed by atoms with E-state index >= 15 is 0 Å². The summed E-state index contributed by atoms with van der Waals surface area (Å²) in [7, 11) is -3.87. The van der Waals surface area contributed by atoms with Gasteiger partial charge in [0.2, 0.25) is 10.0 Å². The highest BCUT2D eigenvalue weighted by molar-refractivity contribution is 7.98. The second-order valence-electron chi connectivity index (χ2n) is 7.04. The van der Waals surface area contributed by atoms with Gasteiger partial charge in [-0.25, -0.2) is 13.4 Å². The van der Waals surface area contributed by atoms with E-state index in [1.807, 2.05) is 0 Å². The van der Waals surface area contributed by atoms with Crippen molar-refractivity contribution in [2.24, 2.45) is 0 Å². The molecular weight excluding hydrogens is 467 g/mol. The fourth-order valence-corrected chi connectivity index (χ4v) is 5.31. The number of halogens is 3. The number of pyridine rings is 1. The van der Waals surface area contributed by atoms with Gasteiger partial charge >= 0.3 is 6.18 Å². The van der Waals surface area contributed by atoms with Gasteiger partial charge in [-0.15, -0.1) is 11.8 Å². The van der Waals surface area contributed by atoms with E-state index in [-0.39, 0.29) is 21.9 Å². The molecule has 1 fully saturated rings. The molecule has 1 amide bonds. The van der Waals surface area contributed by atoms with Gasteiger partial charge in [0.05, 0.1) is 16.1 Å². The number of hydrogen-bond donors (Lipinski definition) is 1. The van der Waals surface area contributed by atoms with E-state index in [0.717, 1.165) is 31.4 Å². The number of ether oxygens (including phenoxy) is 1. The molecule has 0 saturated carbocycles. The average Bonchev–Trinajstić information content (AvgIpc) is 2.78. The van der Waals surface area contributed by atoms with Crippen LogP contribution in [-0.2, 0) is 10.0 Å². The Morgan fingerprint density at radius 1 is 1.22 bits per heavy atom. The maximum atomic E-state index is 13.0. The SMILES string of the molecule is CSc1ncccc1C(=O)Nc1cc(S(=O)(=O)N2CCCCC2)ccc1OCC(F)(F)F. The number of sulfonamides is 1. The van der Waals surface area contributed by atoms with Crippen LogP contribution in [0.25, 0.3) is 0 Å². The summed E-state index contributed by atoms with van der Waals surface area (Å²) in [4.78, 5) is 16.8. The van der Waals surface area contributed by atoms with Crippen molar-refractivity contribution in [2.75, 3.05) is 31.3 Å². The van der Waals surface area contributed by atoms with Gasteiger partial charge in [0.15, 0.2) is 6.61 Å². The first-order chi connectivity index (χ1) is 15.1. The van der Waals surface area contributed by atoms with Crippen LogP contribution in [0, 0.1) is 0 Å². The van der Waals surface area contributed by atoms with Crippen molar-refractivity contribution in [1.82, 2.24) is 9.29 Å². The number of carbonyl (C=O) groups excluding carboxylic acids is 1. The Hall–Kier alpha value is -2.31. The summed E-state index contributed by atoms with van der Waals surface area (Å²) in [6.45, 7) is -0.858. The second kappa shape index (κ2) is 10.1. The maximum absolute atomic E-state index is 13.0. The summed E-state index contributed by atoms with van der Waals surface area (Å²) in [6.07, 6.45) is 1.02. The Balaban J connectivity index is 1.96. The molecule has 1 aromatic heterocycles. The molecule has 2 aromatic rings. The predicted octanol–water partition coefficient (Wildman–Crippen LogP) is 4.17. The second-order valence-corrected chi connectivity index (χ2v) is 9.77. The Morgan fingerprint density at radius 2 is 1.94 bits per heavy atom. The highest BCUT2D eigenvalue weighted by Gasteiger charge is 2.30. The molecule has 1 N–H and O–H groups in total. The number of nitrogens with one attached hydrogen (secondary N) is 1. The average molecular weight is 490 g/mol. The summed E-state index contributed by atoms with van der Waals surface area (Å²) in [5.41, 5.74) is 0.0271. The molecule has 1 saturated heterocycles. The van der Waals surface area contributed by atoms with E-state index < -0.39 is 28.7 Å². The van der Waals surface area contributed by atoms with Crippen LogP contribution in [0.3, 0.4) is 0 Å². The molecule has 12 heteroatoms. The zero-order chi connectivity index (χ0) is 23.4. The van der Waals surface area contributed by atoms with Gasteiger partial charge in [0.1, 0.15) is 10.8 Å². The number of anilines is 1. The number of hydrogen-bond acceptors (Lipinski definition) is 6. The smallest absolute Gasteiger partial charge is 0.422 e. The zero-order valence-corrected chi connectivity index (χ0v) is 18.8. The predicted molar refractivity (Wildman–Crippen MR) is 115 cm³/mol. The normalized spacial score (nSPS) is 15.4. The summed E-state index contributed by atoms with van der Waals surface area (Å²) in [6, 6.07) is 6.49. The van der Waals surface area contributed by atoms with Crippen LogP contribution >= 0.6 is 11.8 Å². The van der Waals surface area contributed by atoms with Crippen molar-refractivity contribution < 1.29 is 31.1 Å². The maximum Gasteiger partial charge on any atom is 0.422 e. The Morgan fingerprint density at radius 3 is 2.59 bits per heavy atom. The van der Waals surface area contributed by atoms with Gasteiger partial charge in [0, 0.05) is 19.3 Å². The molecule has 0 aliphatic carbocycles. The number of thioether (sulfide) groups is 1. The van der Waals surface area contributed by atoms with Crippen LogP contribution in [0.1, 0.15) is 29.6 Å². The number of alkyl halides is 3. The van der Waals surface area contributed by atoms with Crippen LogP contribution in [0.2, 0.25) is 0 Å².